The molecule has 0 fully saturated rings. The molecule has 0 saturated heterocycles. The number of aromatic nitrogens is 1. The van der Waals surface area contributed by atoms with E-state index in [9.17, 15) is 9.59 Å². The molecule has 1 aromatic heterocycles. The van der Waals surface area contributed by atoms with Crippen LogP contribution >= 0.6 is 34.5 Å². The van der Waals surface area contributed by atoms with Crippen LogP contribution in [0.2, 0.25) is 10.0 Å². The van der Waals surface area contributed by atoms with Crippen LogP contribution in [0.3, 0.4) is 0 Å². The van der Waals surface area contributed by atoms with E-state index in [2.05, 4.69) is 4.99 Å². The van der Waals surface area contributed by atoms with Gasteiger partial charge in [0.15, 0.2) is 16.3 Å². The van der Waals surface area contributed by atoms with E-state index in [1.807, 2.05) is 18.2 Å². The fourth-order valence-electron chi connectivity index (χ4n) is 4.69. The number of ether oxygens (including phenoxy) is 4. The molecule has 1 aliphatic rings. The Balaban J connectivity index is 1.57. The number of carbonyl (C=O) groups is 1. The number of methoxy groups -OCH3 is 3. The van der Waals surface area contributed by atoms with Crippen molar-refractivity contribution in [3.63, 3.8) is 0 Å². The molecule has 0 amide bonds. The Kier molecular flexibility index (Phi) is 8.72. The second-order valence-corrected chi connectivity index (χ2v) is 11.2. The third kappa shape index (κ3) is 5.81. The molecular weight excluding hydrogens is 599 g/mol. The number of nitrogens with zero attached hydrogens (tertiary/aromatic N) is 2. The minimum absolute atomic E-state index is 0.223. The zero-order chi connectivity index (χ0) is 30.0. The van der Waals surface area contributed by atoms with Crippen molar-refractivity contribution in [3.8, 4) is 17.2 Å². The van der Waals surface area contributed by atoms with Gasteiger partial charge >= 0.3 is 5.97 Å². The molecule has 2 heterocycles. The van der Waals surface area contributed by atoms with Gasteiger partial charge in [0, 0.05) is 15.6 Å². The van der Waals surface area contributed by atoms with Gasteiger partial charge in [0.1, 0.15) is 18.4 Å². The van der Waals surface area contributed by atoms with Crippen molar-refractivity contribution in [2.75, 3.05) is 21.3 Å². The molecule has 0 aliphatic carbocycles. The molecule has 4 aromatic rings. The number of halogens is 2. The molecular formula is C31H26Cl2N2O6S. The van der Waals surface area contributed by atoms with Crippen molar-refractivity contribution in [3.05, 3.63) is 118 Å². The topological polar surface area (TPSA) is 88.4 Å². The largest absolute Gasteiger partial charge is 0.496 e. The molecule has 11 heteroatoms. The van der Waals surface area contributed by atoms with E-state index in [0.717, 1.165) is 11.1 Å². The molecule has 3 aromatic carbocycles. The number of esters is 1. The Morgan fingerprint density at radius 3 is 2.33 bits per heavy atom. The SMILES string of the molecule is COC(=O)C1=C(C)N=c2s/c(=C\c3ccc(OCc4ccc(Cl)cc4)c(OC)c3)c(=O)n2[C@@H]1c1cc(Cl)ccc1OC. The highest BCUT2D eigenvalue weighted by Crippen LogP contribution is 2.37. The van der Waals surface area contributed by atoms with Gasteiger partial charge in [0.25, 0.3) is 5.56 Å². The fourth-order valence-corrected chi connectivity index (χ4v) is 6.05. The van der Waals surface area contributed by atoms with Gasteiger partial charge in [-0.05, 0) is 66.6 Å². The summed E-state index contributed by atoms with van der Waals surface area (Å²) in [6, 6.07) is 17.0. The second kappa shape index (κ2) is 12.4. The van der Waals surface area contributed by atoms with Gasteiger partial charge in [-0.25, -0.2) is 9.79 Å². The summed E-state index contributed by atoms with van der Waals surface area (Å²) >= 11 is 13.5. The molecule has 0 radical (unpaired) electrons. The lowest BCUT2D eigenvalue weighted by atomic mass is 9.95. The first kappa shape index (κ1) is 29.4. The summed E-state index contributed by atoms with van der Waals surface area (Å²) in [6.07, 6.45) is 1.75. The van der Waals surface area contributed by atoms with E-state index in [-0.39, 0.29) is 11.1 Å². The Labute approximate surface area is 255 Å². The summed E-state index contributed by atoms with van der Waals surface area (Å²) in [5.41, 5.74) is 2.54. The van der Waals surface area contributed by atoms with Gasteiger partial charge in [0.2, 0.25) is 0 Å². The van der Waals surface area contributed by atoms with Crippen molar-refractivity contribution in [2.45, 2.75) is 19.6 Å². The lowest BCUT2D eigenvalue weighted by molar-refractivity contribution is -0.136. The molecule has 5 rings (SSSR count). The van der Waals surface area contributed by atoms with Crippen molar-refractivity contribution < 1.29 is 23.7 Å². The van der Waals surface area contributed by atoms with Crippen LogP contribution in [0.1, 0.15) is 29.7 Å². The van der Waals surface area contributed by atoms with E-state index in [1.165, 1.54) is 30.1 Å². The lowest BCUT2D eigenvalue weighted by Crippen LogP contribution is -2.40. The summed E-state index contributed by atoms with van der Waals surface area (Å²) < 4.78 is 24.1. The van der Waals surface area contributed by atoms with Gasteiger partial charge in [0.05, 0.1) is 37.1 Å². The van der Waals surface area contributed by atoms with E-state index < -0.39 is 12.0 Å². The van der Waals surface area contributed by atoms with Gasteiger partial charge < -0.3 is 18.9 Å². The highest BCUT2D eigenvalue weighted by Gasteiger charge is 2.35. The Morgan fingerprint density at radius 1 is 0.952 bits per heavy atom. The zero-order valence-electron chi connectivity index (χ0n) is 23.1. The van der Waals surface area contributed by atoms with Crippen molar-refractivity contribution in [1.29, 1.82) is 0 Å². The van der Waals surface area contributed by atoms with Crippen LogP contribution in [0.4, 0.5) is 0 Å². The van der Waals surface area contributed by atoms with E-state index in [1.54, 1.807) is 62.6 Å². The molecule has 0 saturated carbocycles. The monoisotopic (exact) mass is 624 g/mol. The second-order valence-electron chi connectivity index (χ2n) is 9.29. The maximum atomic E-state index is 13.9. The normalized spacial score (nSPS) is 14.7. The van der Waals surface area contributed by atoms with Gasteiger partial charge in [-0.15, -0.1) is 0 Å². The van der Waals surface area contributed by atoms with Crippen LogP contribution in [0.25, 0.3) is 6.08 Å². The minimum atomic E-state index is -0.859. The first-order valence-electron chi connectivity index (χ1n) is 12.7. The minimum Gasteiger partial charge on any atom is -0.496 e. The predicted molar refractivity (Wildman–Crippen MR) is 163 cm³/mol. The summed E-state index contributed by atoms with van der Waals surface area (Å²) in [4.78, 5) is 31.9. The summed E-state index contributed by atoms with van der Waals surface area (Å²) in [5.74, 6) is 0.929. The average molecular weight is 626 g/mol. The third-order valence-electron chi connectivity index (χ3n) is 6.71. The van der Waals surface area contributed by atoms with Crippen LogP contribution < -0.4 is 29.1 Å². The molecule has 0 N–H and O–H groups in total. The van der Waals surface area contributed by atoms with Crippen LogP contribution in [-0.2, 0) is 16.1 Å². The zero-order valence-corrected chi connectivity index (χ0v) is 25.5. The summed E-state index contributed by atoms with van der Waals surface area (Å²) in [5, 5.41) is 1.08. The first-order valence-corrected chi connectivity index (χ1v) is 14.3. The van der Waals surface area contributed by atoms with Crippen molar-refractivity contribution in [2.24, 2.45) is 4.99 Å². The summed E-state index contributed by atoms with van der Waals surface area (Å²) in [6.45, 7) is 2.04. The highest BCUT2D eigenvalue weighted by atomic mass is 35.5. The number of hydrogen-bond acceptors (Lipinski definition) is 8. The van der Waals surface area contributed by atoms with Crippen LogP contribution in [0, 0.1) is 0 Å². The summed E-state index contributed by atoms with van der Waals surface area (Å²) in [7, 11) is 4.36. The van der Waals surface area contributed by atoms with Crippen LogP contribution in [-0.4, -0.2) is 31.9 Å². The van der Waals surface area contributed by atoms with Gasteiger partial charge in [-0.3, -0.25) is 9.36 Å². The molecule has 1 atom stereocenters. The molecule has 0 unspecified atom stereocenters. The molecule has 1 aliphatic heterocycles. The standard InChI is InChI=1S/C31H26Cl2N2O6S/c1-17-27(30(37)40-4)28(22-15-21(33)10-12-23(22)38-2)35-29(36)26(42-31(35)34-17)14-19-7-11-24(25(13-19)39-3)41-16-18-5-8-20(32)9-6-18/h5-15,28H,16H2,1-4H3/b26-14-/t28-/m1/s1. The molecule has 0 bridgehead atoms. The number of hydrogen-bond donors (Lipinski definition) is 0. The van der Waals surface area contributed by atoms with E-state index in [0.29, 0.717) is 54.5 Å². The highest BCUT2D eigenvalue weighted by molar-refractivity contribution is 7.07. The lowest BCUT2D eigenvalue weighted by Gasteiger charge is -2.25. The third-order valence-corrected chi connectivity index (χ3v) is 8.18. The predicted octanol–water partition coefficient (Wildman–Crippen LogP) is 5.31. The van der Waals surface area contributed by atoms with E-state index in [4.69, 9.17) is 42.1 Å². The number of fused-ring (bicyclic) bond motifs is 1. The molecule has 8 nitrogen and oxygen atoms in total. The average Bonchev–Trinajstić information content (AvgIpc) is 3.29. The molecule has 216 valence electrons. The van der Waals surface area contributed by atoms with E-state index >= 15 is 0 Å². The Bertz CT molecular complexity index is 1880. The number of allylic oxidation sites excluding steroid dienone is 1. The number of thiazole rings is 1. The van der Waals surface area contributed by atoms with Gasteiger partial charge in [-0.1, -0.05) is 52.7 Å². The van der Waals surface area contributed by atoms with Crippen LogP contribution in [0.5, 0.6) is 17.2 Å². The first-order chi connectivity index (χ1) is 20.2. The quantitative estimate of drug-likeness (QED) is 0.247. The fraction of sp³-hybridized carbons (Fsp3) is 0.194. The number of rotatable bonds is 8. The molecule has 42 heavy (non-hydrogen) atoms. The Morgan fingerprint density at radius 2 is 1.64 bits per heavy atom. The van der Waals surface area contributed by atoms with Crippen molar-refractivity contribution in [1.82, 2.24) is 4.57 Å². The van der Waals surface area contributed by atoms with Gasteiger partial charge in [-0.2, -0.15) is 0 Å². The number of carbonyl (C=O) groups excluding carboxylic acids is 1. The number of benzene rings is 3. The molecule has 0 spiro atoms. The van der Waals surface area contributed by atoms with Crippen LogP contribution in [0.15, 0.2) is 81.7 Å². The Hall–Kier alpha value is -4.05. The maximum absolute atomic E-state index is 13.9. The smallest absolute Gasteiger partial charge is 0.338 e. The van der Waals surface area contributed by atoms with Crippen molar-refractivity contribution >= 4 is 46.6 Å². The maximum Gasteiger partial charge on any atom is 0.338 e.